The van der Waals surface area contributed by atoms with Gasteiger partial charge in [0.1, 0.15) is 5.82 Å². The van der Waals surface area contributed by atoms with Crippen molar-refractivity contribution in [3.05, 3.63) is 34.1 Å². The van der Waals surface area contributed by atoms with Gasteiger partial charge in [-0.1, -0.05) is 23.9 Å². The summed E-state index contributed by atoms with van der Waals surface area (Å²) in [7, 11) is 0. The van der Waals surface area contributed by atoms with Gasteiger partial charge in [-0.15, -0.1) is 5.10 Å². The van der Waals surface area contributed by atoms with E-state index in [0.29, 0.717) is 15.4 Å². The maximum absolute atomic E-state index is 13.2. The molecule has 0 saturated heterocycles. The summed E-state index contributed by atoms with van der Waals surface area (Å²) in [6, 6.07) is 4.92. The van der Waals surface area contributed by atoms with E-state index >= 15 is 0 Å². The first kappa shape index (κ1) is 11.4. The molecular formula is C9H8BrFN4S. The van der Waals surface area contributed by atoms with Crippen molar-refractivity contribution in [2.24, 2.45) is 0 Å². The lowest BCUT2D eigenvalue weighted by Gasteiger charge is -2.02. The molecule has 0 bridgehead atoms. The topological polar surface area (TPSA) is 67.6 Å². The molecule has 0 aliphatic heterocycles. The van der Waals surface area contributed by atoms with E-state index in [9.17, 15) is 4.39 Å². The number of nitrogens with zero attached hydrogens (tertiary/aromatic N) is 2. The van der Waals surface area contributed by atoms with Gasteiger partial charge in [0.2, 0.25) is 11.1 Å². The minimum absolute atomic E-state index is 0.271. The first-order valence-corrected chi connectivity index (χ1v) is 6.18. The highest BCUT2D eigenvalue weighted by Crippen LogP contribution is 2.26. The Morgan fingerprint density at radius 1 is 1.50 bits per heavy atom. The second kappa shape index (κ2) is 4.84. The van der Waals surface area contributed by atoms with Gasteiger partial charge in [-0.2, -0.15) is 4.98 Å². The molecule has 1 aromatic heterocycles. The minimum atomic E-state index is -0.271. The molecule has 4 nitrogen and oxygen atoms in total. The predicted octanol–water partition coefficient (Wildman–Crippen LogP) is 2.58. The zero-order valence-electron chi connectivity index (χ0n) is 8.08. The lowest BCUT2D eigenvalue weighted by Crippen LogP contribution is -1.88. The van der Waals surface area contributed by atoms with Crippen molar-refractivity contribution in [1.29, 1.82) is 0 Å². The monoisotopic (exact) mass is 302 g/mol. The lowest BCUT2D eigenvalue weighted by atomic mass is 10.2. The van der Waals surface area contributed by atoms with Crippen molar-refractivity contribution >= 4 is 33.6 Å². The first-order chi connectivity index (χ1) is 7.66. The molecule has 2 aromatic rings. The van der Waals surface area contributed by atoms with Crippen LogP contribution >= 0.6 is 27.7 Å². The quantitative estimate of drug-likeness (QED) is 0.855. The number of rotatable bonds is 3. The summed E-state index contributed by atoms with van der Waals surface area (Å²) in [5.41, 5.74) is 6.24. The van der Waals surface area contributed by atoms with Crippen molar-refractivity contribution in [3.8, 4) is 0 Å². The molecule has 0 spiro atoms. The summed E-state index contributed by atoms with van der Waals surface area (Å²) in [6.07, 6.45) is 0. The van der Waals surface area contributed by atoms with Crippen molar-refractivity contribution in [2.75, 3.05) is 5.73 Å². The van der Waals surface area contributed by atoms with Crippen LogP contribution in [0.2, 0.25) is 0 Å². The highest BCUT2D eigenvalue weighted by molar-refractivity contribution is 9.10. The summed E-state index contributed by atoms with van der Waals surface area (Å²) in [5, 5.41) is 6.97. The fourth-order valence-corrected chi connectivity index (χ4v) is 2.51. The molecule has 84 valence electrons. The van der Waals surface area contributed by atoms with E-state index in [1.807, 2.05) is 6.07 Å². The third kappa shape index (κ3) is 2.53. The van der Waals surface area contributed by atoms with Gasteiger partial charge in [-0.25, -0.2) is 9.49 Å². The Hall–Kier alpha value is -1.08. The van der Waals surface area contributed by atoms with E-state index in [-0.39, 0.29) is 11.8 Å². The number of benzene rings is 1. The van der Waals surface area contributed by atoms with Gasteiger partial charge >= 0.3 is 0 Å². The number of anilines is 1. The van der Waals surface area contributed by atoms with Crippen LogP contribution < -0.4 is 5.73 Å². The number of hydrogen-bond donors (Lipinski definition) is 2. The van der Waals surface area contributed by atoms with Gasteiger partial charge < -0.3 is 5.73 Å². The Balaban J connectivity index is 2.07. The van der Waals surface area contributed by atoms with Crippen molar-refractivity contribution in [1.82, 2.24) is 15.2 Å². The fraction of sp³-hybridized carbons (Fsp3) is 0.111. The second-order valence-electron chi connectivity index (χ2n) is 3.00. The minimum Gasteiger partial charge on any atom is -0.368 e. The van der Waals surface area contributed by atoms with Gasteiger partial charge in [-0.3, -0.25) is 0 Å². The Kier molecular flexibility index (Phi) is 3.45. The van der Waals surface area contributed by atoms with E-state index in [4.69, 9.17) is 5.73 Å². The van der Waals surface area contributed by atoms with Gasteiger partial charge in [-0.05, 0) is 27.6 Å². The van der Waals surface area contributed by atoms with Gasteiger partial charge in [0.25, 0.3) is 0 Å². The van der Waals surface area contributed by atoms with E-state index in [2.05, 4.69) is 31.1 Å². The number of thioether (sulfide) groups is 1. The summed E-state index contributed by atoms with van der Waals surface area (Å²) in [4.78, 5) is 3.94. The van der Waals surface area contributed by atoms with E-state index in [0.717, 1.165) is 5.56 Å². The van der Waals surface area contributed by atoms with Gasteiger partial charge in [0, 0.05) is 5.75 Å². The Labute approximate surface area is 104 Å². The summed E-state index contributed by atoms with van der Waals surface area (Å²) < 4.78 is 13.7. The largest absolute Gasteiger partial charge is 0.368 e. The number of hydrogen-bond acceptors (Lipinski definition) is 4. The standard InChI is InChI=1S/C9H8BrFN4S/c10-7-5(2-1-3-6(7)11)4-16-9-13-8(12)14-15-9/h1-3H,4H2,(H3,12,13,14,15). The van der Waals surface area contributed by atoms with Crippen LogP contribution in [0.25, 0.3) is 0 Å². The third-order valence-electron chi connectivity index (χ3n) is 1.87. The average Bonchev–Trinajstić information content (AvgIpc) is 2.67. The molecule has 3 N–H and O–H groups in total. The van der Waals surface area contributed by atoms with E-state index < -0.39 is 0 Å². The maximum atomic E-state index is 13.2. The van der Waals surface area contributed by atoms with Crippen molar-refractivity contribution in [3.63, 3.8) is 0 Å². The molecular weight excluding hydrogens is 295 g/mol. The zero-order valence-corrected chi connectivity index (χ0v) is 10.5. The summed E-state index contributed by atoms with van der Waals surface area (Å²) in [5.74, 6) is 0.587. The van der Waals surface area contributed by atoms with Crippen molar-refractivity contribution < 1.29 is 4.39 Å². The average molecular weight is 303 g/mol. The third-order valence-corrected chi connectivity index (χ3v) is 3.65. The number of H-pyrrole nitrogens is 1. The summed E-state index contributed by atoms with van der Waals surface area (Å²) >= 11 is 4.58. The Morgan fingerprint density at radius 2 is 2.31 bits per heavy atom. The summed E-state index contributed by atoms with van der Waals surface area (Å²) in [6.45, 7) is 0. The fourth-order valence-electron chi connectivity index (χ4n) is 1.12. The van der Waals surface area contributed by atoms with Crippen molar-refractivity contribution in [2.45, 2.75) is 10.9 Å². The number of halogens is 2. The number of aromatic nitrogens is 3. The highest BCUT2D eigenvalue weighted by Gasteiger charge is 2.07. The first-order valence-electron chi connectivity index (χ1n) is 4.40. The maximum Gasteiger partial charge on any atom is 0.216 e. The number of nitrogens with two attached hydrogens (primary N) is 1. The molecule has 0 radical (unpaired) electrons. The zero-order chi connectivity index (χ0) is 11.5. The number of nitrogens with one attached hydrogen (secondary N) is 1. The molecule has 0 saturated carbocycles. The predicted molar refractivity (Wildman–Crippen MR) is 64.5 cm³/mol. The van der Waals surface area contributed by atoms with Crippen LogP contribution in [0.4, 0.5) is 10.3 Å². The van der Waals surface area contributed by atoms with Crippen LogP contribution in [0.3, 0.4) is 0 Å². The molecule has 1 aromatic carbocycles. The van der Waals surface area contributed by atoms with Crippen LogP contribution in [0.5, 0.6) is 0 Å². The van der Waals surface area contributed by atoms with Crippen LogP contribution in [0, 0.1) is 5.82 Å². The molecule has 0 amide bonds. The van der Waals surface area contributed by atoms with Crippen LogP contribution in [-0.2, 0) is 5.75 Å². The molecule has 16 heavy (non-hydrogen) atoms. The molecule has 7 heteroatoms. The second-order valence-corrected chi connectivity index (χ2v) is 4.74. The van der Waals surface area contributed by atoms with Crippen LogP contribution in [0.1, 0.15) is 5.56 Å². The normalized spacial score (nSPS) is 10.6. The molecule has 0 aliphatic carbocycles. The Bertz CT molecular complexity index is 502. The molecule has 0 fully saturated rings. The highest BCUT2D eigenvalue weighted by atomic mass is 79.9. The van der Waals surface area contributed by atoms with Gasteiger partial charge in [0.05, 0.1) is 4.47 Å². The Morgan fingerprint density at radius 3 is 3.00 bits per heavy atom. The SMILES string of the molecule is Nc1nc(SCc2cccc(F)c2Br)n[nH]1. The molecule has 1 heterocycles. The number of nitrogen functional groups attached to an aromatic ring is 1. The van der Waals surface area contributed by atoms with Crippen LogP contribution in [-0.4, -0.2) is 15.2 Å². The molecule has 2 rings (SSSR count). The molecule has 0 atom stereocenters. The molecule has 0 unspecified atom stereocenters. The van der Waals surface area contributed by atoms with Crippen LogP contribution in [0.15, 0.2) is 27.8 Å². The van der Waals surface area contributed by atoms with E-state index in [1.165, 1.54) is 17.8 Å². The smallest absolute Gasteiger partial charge is 0.216 e. The molecule has 0 aliphatic rings. The van der Waals surface area contributed by atoms with Gasteiger partial charge in [0.15, 0.2) is 0 Å². The van der Waals surface area contributed by atoms with E-state index in [1.54, 1.807) is 6.07 Å². The lowest BCUT2D eigenvalue weighted by molar-refractivity contribution is 0.619. The number of aromatic amines is 1.